The molecule has 0 saturated carbocycles. The van der Waals surface area contributed by atoms with E-state index in [1.54, 1.807) is 25.3 Å². The minimum atomic E-state index is -0.648. The first-order valence-electron chi connectivity index (χ1n) is 8.22. The Morgan fingerprint density at radius 1 is 1.23 bits per heavy atom. The lowest BCUT2D eigenvalue weighted by Crippen LogP contribution is -2.25. The summed E-state index contributed by atoms with van der Waals surface area (Å²) in [4.78, 5) is 35.5. The van der Waals surface area contributed by atoms with Gasteiger partial charge in [-0.15, -0.1) is 0 Å². The van der Waals surface area contributed by atoms with Crippen LogP contribution in [0.3, 0.4) is 0 Å². The number of fused-ring (bicyclic) bond motifs is 1. The Morgan fingerprint density at radius 2 is 1.92 bits per heavy atom. The van der Waals surface area contributed by atoms with Gasteiger partial charge in [0.2, 0.25) is 5.95 Å². The number of carbonyl (C=O) groups excluding carboxylic acids is 1. The van der Waals surface area contributed by atoms with Crippen LogP contribution in [0.2, 0.25) is 0 Å². The summed E-state index contributed by atoms with van der Waals surface area (Å²) >= 11 is 0. The predicted octanol–water partition coefficient (Wildman–Crippen LogP) is 1.84. The van der Waals surface area contributed by atoms with Gasteiger partial charge >= 0.3 is 5.97 Å². The first-order valence-corrected chi connectivity index (χ1v) is 8.22. The van der Waals surface area contributed by atoms with Crippen LogP contribution in [0.15, 0.2) is 35.1 Å². The van der Waals surface area contributed by atoms with Gasteiger partial charge in [0, 0.05) is 6.42 Å². The lowest BCUT2D eigenvalue weighted by Gasteiger charge is -2.17. The van der Waals surface area contributed by atoms with Gasteiger partial charge in [-0.2, -0.15) is 4.98 Å². The number of esters is 1. The minimum Gasteiger partial charge on any atom is -0.443 e. The molecule has 0 spiro atoms. The monoisotopic (exact) mass is 355 g/mol. The molecule has 3 aromatic rings. The second-order valence-corrected chi connectivity index (χ2v) is 7.05. The Hall–Kier alpha value is -3.16. The molecular formula is C18H21N5O3. The Balaban J connectivity index is 2.04. The Bertz CT molecular complexity index is 999. The molecule has 0 aliphatic heterocycles. The first kappa shape index (κ1) is 17.7. The fraction of sp³-hybridized carbons (Fsp3) is 0.333. The molecule has 0 fully saturated rings. The summed E-state index contributed by atoms with van der Waals surface area (Å²) in [6.45, 7) is 5.17. The van der Waals surface area contributed by atoms with E-state index in [0.29, 0.717) is 12.2 Å². The number of aromatic nitrogens is 4. The molecule has 3 rings (SSSR count). The zero-order valence-corrected chi connectivity index (χ0v) is 14.9. The Kier molecular flexibility index (Phi) is 4.50. The van der Waals surface area contributed by atoms with E-state index in [1.807, 2.05) is 30.3 Å². The highest BCUT2D eigenvalue weighted by Crippen LogP contribution is 2.18. The number of carbonyl (C=O) groups is 1. The lowest BCUT2D eigenvalue weighted by molar-refractivity contribution is -0.156. The standard InChI is InChI=1S/C18H21N5O3/c1-18(2,3)16(25)26-10-23-12(9-11-7-5-4-6-8-11)20-14-13(23)15(24)22-17(19)21-14/h4-8H,9-10H2,1-3H3,(H3,19,21,22,24). The maximum Gasteiger partial charge on any atom is 0.312 e. The number of nitrogens with zero attached hydrogens (tertiary/aromatic N) is 3. The number of H-pyrrole nitrogens is 1. The number of nitrogens with one attached hydrogen (secondary N) is 1. The van der Waals surface area contributed by atoms with E-state index < -0.39 is 11.0 Å². The van der Waals surface area contributed by atoms with Crippen molar-refractivity contribution < 1.29 is 9.53 Å². The van der Waals surface area contributed by atoms with E-state index in [1.165, 1.54) is 0 Å². The van der Waals surface area contributed by atoms with Gasteiger partial charge in [0.15, 0.2) is 17.9 Å². The fourth-order valence-corrected chi connectivity index (χ4v) is 2.50. The fourth-order valence-electron chi connectivity index (χ4n) is 2.50. The zero-order chi connectivity index (χ0) is 18.9. The number of nitrogen functional groups attached to an aromatic ring is 1. The summed E-state index contributed by atoms with van der Waals surface area (Å²) < 4.78 is 6.96. The van der Waals surface area contributed by atoms with Gasteiger partial charge in [-0.05, 0) is 26.3 Å². The van der Waals surface area contributed by atoms with Gasteiger partial charge in [0.25, 0.3) is 5.56 Å². The maximum absolute atomic E-state index is 12.4. The zero-order valence-electron chi connectivity index (χ0n) is 14.9. The predicted molar refractivity (Wildman–Crippen MR) is 97.4 cm³/mol. The molecule has 1 aromatic carbocycles. The van der Waals surface area contributed by atoms with Crippen molar-refractivity contribution in [3.8, 4) is 0 Å². The number of benzene rings is 1. The number of anilines is 1. The van der Waals surface area contributed by atoms with Gasteiger partial charge in [0.1, 0.15) is 5.82 Å². The number of imidazole rings is 1. The van der Waals surface area contributed by atoms with Crippen molar-refractivity contribution in [2.24, 2.45) is 5.41 Å². The van der Waals surface area contributed by atoms with Crippen molar-refractivity contribution in [2.45, 2.75) is 33.9 Å². The highest BCUT2D eigenvalue weighted by atomic mass is 16.5. The molecule has 2 aromatic heterocycles. The maximum atomic E-state index is 12.4. The molecule has 0 aliphatic rings. The smallest absolute Gasteiger partial charge is 0.312 e. The second kappa shape index (κ2) is 6.62. The van der Waals surface area contributed by atoms with E-state index in [-0.39, 0.29) is 29.8 Å². The lowest BCUT2D eigenvalue weighted by atomic mass is 9.98. The third-order valence-electron chi connectivity index (χ3n) is 3.85. The molecule has 0 saturated heterocycles. The van der Waals surface area contributed by atoms with Crippen molar-refractivity contribution in [3.63, 3.8) is 0 Å². The van der Waals surface area contributed by atoms with Gasteiger partial charge in [-0.25, -0.2) is 4.98 Å². The molecule has 26 heavy (non-hydrogen) atoms. The van der Waals surface area contributed by atoms with Gasteiger partial charge < -0.3 is 10.5 Å². The SMILES string of the molecule is CC(C)(C)C(=O)OCn1c(Cc2ccccc2)nc2nc(N)[nH]c(=O)c21. The number of aromatic amines is 1. The molecule has 0 bridgehead atoms. The van der Waals surface area contributed by atoms with Crippen LogP contribution in [0, 0.1) is 5.41 Å². The molecule has 0 atom stereocenters. The van der Waals surface area contributed by atoms with Crippen LogP contribution in [0.5, 0.6) is 0 Å². The highest BCUT2D eigenvalue weighted by Gasteiger charge is 2.24. The summed E-state index contributed by atoms with van der Waals surface area (Å²) in [6, 6.07) is 9.67. The van der Waals surface area contributed by atoms with Gasteiger partial charge in [-0.1, -0.05) is 30.3 Å². The number of ether oxygens (including phenoxy) is 1. The van der Waals surface area contributed by atoms with Crippen LogP contribution in [0.25, 0.3) is 11.2 Å². The molecule has 0 radical (unpaired) electrons. The summed E-state index contributed by atoms with van der Waals surface area (Å²) in [5, 5.41) is 0. The normalized spacial score (nSPS) is 11.7. The van der Waals surface area contributed by atoms with E-state index in [2.05, 4.69) is 15.0 Å². The molecule has 0 amide bonds. The molecule has 2 heterocycles. The van der Waals surface area contributed by atoms with Crippen molar-refractivity contribution in [1.82, 2.24) is 19.5 Å². The molecule has 8 heteroatoms. The summed E-state index contributed by atoms with van der Waals surface area (Å²) in [5.41, 5.74) is 6.01. The third-order valence-corrected chi connectivity index (χ3v) is 3.85. The van der Waals surface area contributed by atoms with E-state index in [9.17, 15) is 9.59 Å². The van der Waals surface area contributed by atoms with Gasteiger partial charge in [0.05, 0.1) is 5.41 Å². The summed E-state index contributed by atoms with van der Waals surface area (Å²) in [6.07, 6.45) is 0.462. The Morgan fingerprint density at radius 3 is 2.58 bits per heavy atom. The van der Waals surface area contributed by atoms with E-state index in [4.69, 9.17) is 10.5 Å². The van der Waals surface area contributed by atoms with E-state index in [0.717, 1.165) is 5.56 Å². The van der Waals surface area contributed by atoms with Crippen LogP contribution in [0.1, 0.15) is 32.2 Å². The topological polar surface area (TPSA) is 116 Å². The Labute approximate surface area is 150 Å². The van der Waals surface area contributed by atoms with Crippen LogP contribution in [0.4, 0.5) is 5.95 Å². The third kappa shape index (κ3) is 3.58. The summed E-state index contributed by atoms with van der Waals surface area (Å²) in [7, 11) is 0. The average molecular weight is 355 g/mol. The molecule has 136 valence electrons. The highest BCUT2D eigenvalue weighted by molar-refractivity contribution is 5.75. The van der Waals surface area contributed by atoms with Crippen molar-refractivity contribution in [3.05, 3.63) is 52.1 Å². The quantitative estimate of drug-likeness (QED) is 0.690. The van der Waals surface area contributed by atoms with Crippen molar-refractivity contribution >= 4 is 23.1 Å². The van der Waals surface area contributed by atoms with Crippen molar-refractivity contribution in [2.75, 3.05) is 5.73 Å². The largest absolute Gasteiger partial charge is 0.443 e. The molecule has 3 N–H and O–H groups in total. The van der Waals surface area contributed by atoms with E-state index >= 15 is 0 Å². The number of nitrogens with two attached hydrogens (primary N) is 1. The molecular weight excluding hydrogens is 334 g/mol. The molecule has 0 aliphatic carbocycles. The van der Waals surface area contributed by atoms with Crippen LogP contribution in [-0.2, 0) is 22.7 Å². The van der Waals surface area contributed by atoms with Crippen LogP contribution in [-0.4, -0.2) is 25.5 Å². The minimum absolute atomic E-state index is 0.00917. The number of hydrogen-bond donors (Lipinski definition) is 2. The molecule has 8 nitrogen and oxygen atoms in total. The first-order chi connectivity index (χ1) is 12.3. The van der Waals surface area contributed by atoms with Crippen LogP contribution < -0.4 is 11.3 Å². The van der Waals surface area contributed by atoms with Crippen LogP contribution >= 0.6 is 0 Å². The van der Waals surface area contributed by atoms with Crippen molar-refractivity contribution in [1.29, 1.82) is 0 Å². The van der Waals surface area contributed by atoms with Gasteiger partial charge in [-0.3, -0.25) is 19.1 Å². The number of rotatable bonds is 4. The summed E-state index contributed by atoms with van der Waals surface area (Å²) in [5.74, 6) is 0.187. The molecule has 0 unspecified atom stereocenters. The average Bonchev–Trinajstić information content (AvgIpc) is 2.89. The second-order valence-electron chi connectivity index (χ2n) is 7.05. The number of hydrogen-bond acceptors (Lipinski definition) is 6.